The molecule has 0 aliphatic rings. The van der Waals surface area contributed by atoms with Crippen LogP contribution in [0.15, 0.2) is 18.2 Å². The fourth-order valence-electron chi connectivity index (χ4n) is 2.67. The minimum Gasteiger partial charge on any atom is -0.460 e. The number of amides is 1. The van der Waals surface area contributed by atoms with Gasteiger partial charge in [0.1, 0.15) is 11.2 Å². The molecular formula is C21H34N2O5. The van der Waals surface area contributed by atoms with Gasteiger partial charge in [-0.15, -0.1) is 0 Å². The third kappa shape index (κ3) is 9.71. The van der Waals surface area contributed by atoms with Crippen molar-refractivity contribution in [1.82, 2.24) is 5.32 Å². The van der Waals surface area contributed by atoms with E-state index >= 15 is 0 Å². The van der Waals surface area contributed by atoms with Gasteiger partial charge >= 0.3 is 12.1 Å². The maximum absolute atomic E-state index is 12.3. The van der Waals surface area contributed by atoms with Crippen LogP contribution in [0.2, 0.25) is 0 Å². The molecule has 0 aliphatic carbocycles. The van der Waals surface area contributed by atoms with E-state index in [0.29, 0.717) is 6.42 Å². The summed E-state index contributed by atoms with van der Waals surface area (Å²) in [6.45, 7) is 13.0. The minimum atomic E-state index is -0.636. The Bertz CT molecular complexity index is 644. The Morgan fingerprint density at radius 2 is 1.64 bits per heavy atom. The second-order valence-corrected chi connectivity index (χ2v) is 8.92. The summed E-state index contributed by atoms with van der Waals surface area (Å²) < 4.78 is 10.8. The van der Waals surface area contributed by atoms with Crippen molar-refractivity contribution in [3.05, 3.63) is 34.9 Å². The summed E-state index contributed by atoms with van der Waals surface area (Å²) >= 11 is 0. The largest absolute Gasteiger partial charge is 0.460 e. The lowest BCUT2D eigenvalue weighted by Crippen LogP contribution is -2.42. The number of hydrogen-bond donors (Lipinski definition) is 2. The highest BCUT2D eigenvalue weighted by atomic mass is 16.6. The molecule has 0 fully saturated rings. The zero-order chi connectivity index (χ0) is 21.5. The number of esters is 1. The third-order valence-corrected chi connectivity index (χ3v) is 3.62. The second-order valence-electron chi connectivity index (χ2n) is 8.92. The van der Waals surface area contributed by atoms with Gasteiger partial charge in [0.15, 0.2) is 0 Å². The predicted octanol–water partition coefficient (Wildman–Crippen LogP) is 3.55. The SMILES string of the molecule is Cc1ccc(CON)c(C[C@@H](CC(=O)OC(C)(C)C)NC(=O)OC(C)(C)C)c1. The molecule has 0 radical (unpaired) electrons. The first-order valence-corrected chi connectivity index (χ1v) is 9.40. The molecule has 28 heavy (non-hydrogen) atoms. The fourth-order valence-corrected chi connectivity index (χ4v) is 2.67. The van der Waals surface area contributed by atoms with E-state index in [0.717, 1.165) is 16.7 Å². The smallest absolute Gasteiger partial charge is 0.407 e. The topological polar surface area (TPSA) is 99.9 Å². The number of rotatable bonds is 7. The zero-order valence-electron chi connectivity index (χ0n) is 18.0. The van der Waals surface area contributed by atoms with E-state index in [9.17, 15) is 9.59 Å². The molecule has 0 saturated heterocycles. The first-order valence-electron chi connectivity index (χ1n) is 9.40. The average molecular weight is 395 g/mol. The summed E-state index contributed by atoms with van der Waals surface area (Å²) in [5, 5.41) is 2.79. The molecule has 1 amide bonds. The first kappa shape index (κ1) is 23.9. The number of nitrogens with one attached hydrogen (secondary N) is 1. The molecule has 0 aromatic heterocycles. The standard InChI is InChI=1S/C21H34N2O5/c1-14-8-9-15(13-26-22)16(10-14)11-17(12-18(24)27-20(2,3)4)23-19(25)28-21(5,6)7/h8-10,17H,11-13,22H2,1-7H3,(H,23,25)/t17-/m0/s1. The van der Waals surface area contributed by atoms with Gasteiger partial charge in [-0.2, -0.15) is 0 Å². The number of alkyl carbamates (subject to hydrolysis) is 1. The van der Waals surface area contributed by atoms with Crippen molar-refractivity contribution in [2.75, 3.05) is 0 Å². The Balaban J connectivity index is 3.01. The quantitative estimate of drug-likeness (QED) is 0.542. The van der Waals surface area contributed by atoms with Crippen LogP contribution in [-0.2, 0) is 32.1 Å². The number of carbonyl (C=O) groups excluding carboxylic acids is 2. The molecule has 1 aromatic carbocycles. The third-order valence-electron chi connectivity index (χ3n) is 3.62. The minimum absolute atomic E-state index is 0.0212. The molecule has 1 rings (SSSR count). The van der Waals surface area contributed by atoms with Crippen molar-refractivity contribution in [2.45, 2.75) is 85.2 Å². The highest BCUT2D eigenvalue weighted by molar-refractivity contribution is 5.73. The summed E-state index contributed by atoms with van der Waals surface area (Å²) in [6, 6.07) is 5.38. The van der Waals surface area contributed by atoms with Crippen LogP contribution in [0.3, 0.4) is 0 Å². The van der Waals surface area contributed by atoms with Gasteiger partial charge in [0.05, 0.1) is 13.0 Å². The van der Waals surface area contributed by atoms with Crippen molar-refractivity contribution in [1.29, 1.82) is 0 Å². The lowest BCUT2D eigenvalue weighted by atomic mass is 9.97. The van der Waals surface area contributed by atoms with E-state index in [2.05, 4.69) is 5.32 Å². The van der Waals surface area contributed by atoms with Gasteiger partial charge in [0.2, 0.25) is 0 Å². The predicted molar refractivity (Wildman–Crippen MR) is 107 cm³/mol. The monoisotopic (exact) mass is 394 g/mol. The normalized spacial score (nSPS) is 13.0. The van der Waals surface area contributed by atoms with Gasteiger partial charge in [0, 0.05) is 6.04 Å². The zero-order valence-corrected chi connectivity index (χ0v) is 18.0. The van der Waals surface area contributed by atoms with E-state index < -0.39 is 29.3 Å². The van der Waals surface area contributed by atoms with E-state index in [1.807, 2.05) is 25.1 Å². The molecular weight excluding hydrogens is 360 g/mol. The van der Waals surface area contributed by atoms with Crippen LogP contribution >= 0.6 is 0 Å². The molecule has 1 atom stereocenters. The summed E-state index contributed by atoms with van der Waals surface area (Å²) in [4.78, 5) is 29.4. The Morgan fingerprint density at radius 3 is 2.18 bits per heavy atom. The van der Waals surface area contributed by atoms with E-state index in [1.165, 1.54) is 0 Å². The Labute approximate surface area is 167 Å². The van der Waals surface area contributed by atoms with Crippen LogP contribution in [0.5, 0.6) is 0 Å². The fraction of sp³-hybridized carbons (Fsp3) is 0.619. The highest BCUT2D eigenvalue weighted by Gasteiger charge is 2.25. The van der Waals surface area contributed by atoms with E-state index in [-0.39, 0.29) is 13.0 Å². The summed E-state index contributed by atoms with van der Waals surface area (Å²) in [7, 11) is 0. The number of aryl methyl sites for hydroxylation is 1. The number of benzene rings is 1. The van der Waals surface area contributed by atoms with Crippen molar-refractivity contribution in [3.8, 4) is 0 Å². The van der Waals surface area contributed by atoms with Crippen molar-refractivity contribution < 1.29 is 23.9 Å². The van der Waals surface area contributed by atoms with Crippen LogP contribution in [-0.4, -0.2) is 29.3 Å². The van der Waals surface area contributed by atoms with Gasteiger partial charge in [-0.05, 0) is 66.0 Å². The lowest BCUT2D eigenvalue weighted by molar-refractivity contribution is -0.155. The number of ether oxygens (including phenoxy) is 2. The van der Waals surface area contributed by atoms with Crippen LogP contribution < -0.4 is 11.2 Å². The van der Waals surface area contributed by atoms with Gasteiger partial charge in [-0.3, -0.25) is 9.63 Å². The van der Waals surface area contributed by atoms with E-state index in [4.69, 9.17) is 20.2 Å². The number of nitrogens with two attached hydrogens (primary N) is 1. The molecule has 1 aromatic rings. The maximum Gasteiger partial charge on any atom is 0.407 e. The lowest BCUT2D eigenvalue weighted by Gasteiger charge is -2.25. The first-order chi connectivity index (χ1) is 12.8. The Kier molecular flexibility index (Phi) is 8.45. The molecule has 7 heteroatoms. The molecule has 0 aliphatic heterocycles. The molecule has 7 nitrogen and oxygen atoms in total. The number of carbonyl (C=O) groups is 2. The van der Waals surface area contributed by atoms with Crippen LogP contribution in [0.4, 0.5) is 4.79 Å². The second kappa shape index (κ2) is 9.89. The number of hydrogen-bond acceptors (Lipinski definition) is 6. The van der Waals surface area contributed by atoms with Crippen LogP contribution in [0.25, 0.3) is 0 Å². The van der Waals surface area contributed by atoms with Crippen LogP contribution in [0.1, 0.15) is 64.7 Å². The van der Waals surface area contributed by atoms with Crippen LogP contribution in [0, 0.1) is 6.92 Å². The van der Waals surface area contributed by atoms with Crippen molar-refractivity contribution >= 4 is 12.1 Å². The molecule has 0 bridgehead atoms. The Hall–Kier alpha value is -2.12. The molecule has 0 spiro atoms. The van der Waals surface area contributed by atoms with Crippen molar-refractivity contribution in [3.63, 3.8) is 0 Å². The molecule has 3 N–H and O–H groups in total. The van der Waals surface area contributed by atoms with E-state index in [1.54, 1.807) is 41.5 Å². The summed E-state index contributed by atoms with van der Waals surface area (Å²) in [5.41, 5.74) is 1.66. The van der Waals surface area contributed by atoms with Gasteiger partial charge in [0.25, 0.3) is 0 Å². The van der Waals surface area contributed by atoms with Gasteiger partial charge in [-0.25, -0.2) is 10.7 Å². The Morgan fingerprint density at radius 1 is 1.04 bits per heavy atom. The maximum atomic E-state index is 12.3. The average Bonchev–Trinajstić information content (AvgIpc) is 2.45. The summed E-state index contributed by atoms with van der Waals surface area (Å²) in [5.74, 6) is 4.84. The molecule has 158 valence electrons. The highest BCUT2D eigenvalue weighted by Crippen LogP contribution is 2.18. The van der Waals surface area contributed by atoms with Gasteiger partial charge < -0.3 is 14.8 Å². The molecule has 0 unspecified atom stereocenters. The molecule has 0 heterocycles. The summed E-state index contributed by atoms with van der Waals surface area (Å²) in [6.07, 6.45) is -0.142. The molecule has 0 saturated carbocycles. The van der Waals surface area contributed by atoms with Gasteiger partial charge in [-0.1, -0.05) is 23.8 Å². The van der Waals surface area contributed by atoms with Crippen molar-refractivity contribution in [2.24, 2.45) is 5.90 Å².